The lowest BCUT2D eigenvalue weighted by Gasteiger charge is -2.27. The standard InChI is InChI=1S/C18H20BrN3O2/c1-3-5-6-7-13(4-2)15-12-14-16(24-15)17(21-18(19)20-14)22-8-10-23-11-9-22/h3,5-7,12H,1,4,8-11H2,2H3/b6-5-,13-7+. The molecule has 0 amide bonds. The molecule has 0 unspecified atom stereocenters. The smallest absolute Gasteiger partial charge is 0.199 e. The first-order valence-electron chi connectivity index (χ1n) is 8.01. The number of morpholine rings is 1. The normalized spacial score (nSPS) is 16.2. The molecule has 126 valence electrons. The molecule has 1 saturated heterocycles. The number of nitrogens with zero attached hydrogens (tertiary/aromatic N) is 3. The minimum atomic E-state index is 0.567. The molecule has 3 rings (SSSR count). The van der Waals surface area contributed by atoms with E-state index in [1.807, 2.05) is 24.3 Å². The molecule has 0 atom stereocenters. The van der Waals surface area contributed by atoms with E-state index in [1.54, 1.807) is 6.08 Å². The van der Waals surface area contributed by atoms with Crippen LogP contribution in [0.5, 0.6) is 0 Å². The summed E-state index contributed by atoms with van der Waals surface area (Å²) in [5, 5.41) is 0. The Balaban J connectivity index is 2.04. The summed E-state index contributed by atoms with van der Waals surface area (Å²) in [6.07, 6.45) is 8.51. The summed E-state index contributed by atoms with van der Waals surface area (Å²) in [5.74, 6) is 1.64. The first-order chi connectivity index (χ1) is 11.7. The lowest BCUT2D eigenvalue weighted by molar-refractivity contribution is 0.122. The first kappa shape index (κ1) is 16.9. The maximum Gasteiger partial charge on any atom is 0.199 e. The van der Waals surface area contributed by atoms with Crippen molar-refractivity contribution in [3.63, 3.8) is 0 Å². The summed E-state index contributed by atoms with van der Waals surface area (Å²) in [7, 11) is 0. The van der Waals surface area contributed by atoms with Gasteiger partial charge in [-0.3, -0.25) is 0 Å². The van der Waals surface area contributed by atoms with Crippen LogP contribution in [0, 0.1) is 0 Å². The highest BCUT2D eigenvalue weighted by Gasteiger charge is 2.20. The van der Waals surface area contributed by atoms with Gasteiger partial charge in [-0.25, -0.2) is 9.97 Å². The van der Waals surface area contributed by atoms with Crippen LogP contribution in [0.2, 0.25) is 0 Å². The maximum atomic E-state index is 6.13. The predicted octanol–water partition coefficient (Wildman–Crippen LogP) is 4.36. The summed E-state index contributed by atoms with van der Waals surface area (Å²) >= 11 is 3.41. The fourth-order valence-corrected chi connectivity index (χ4v) is 3.02. The molecule has 0 N–H and O–H groups in total. The van der Waals surface area contributed by atoms with E-state index in [0.29, 0.717) is 17.9 Å². The molecule has 0 bridgehead atoms. The van der Waals surface area contributed by atoms with Gasteiger partial charge in [-0.2, -0.15) is 0 Å². The number of ether oxygens (including phenoxy) is 1. The van der Waals surface area contributed by atoms with Crippen molar-refractivity contribution < 1.29 is 9.15 Å². The van der Waals surface area contributed by atoms with Crippen LogP contribution >= 0.6 is 15.9 Å². The molecule has 3 heterocycles. The summed E-state index contributed by atoms with van der Waals surface area (Å²) in [6.45, 7) is 8.78. The second-order valence-corrected chi connectivity index (χ2v) is 6.12. The third kappa shape index (κ3) is 3.60. The Morgan fingerprint density at radius 1 is 1.33 bits per heavy atom. The molecular weight excluding hydrogens is 370 g/mol. The minimum absolute atomic E-state index is 0.567. The van der Waals surface area contributed by atoms with Gasteiger partial charge in [0.25, 0.3) is 0 Å². The van der Waals surface area contributed by atoms with Crippen LogP contribution < -0.4 is 4.90 Å². The quantitative estimate of drug-likeness (QED) is 0.561. The number of rotatable bonds is 5. The number of hydrogen-bond donors (Lipinski definition) is 0. The third-order valence-electron chi connectivity index (χ3n) is 3.88. The SMILES string of the molecule is C=C/C=C\C=C(/CC)c1cc2nc(Br)nc(N3CCOCC3)c2o1. The van der Waals surface area contributed by atoms with Gasteiger partial charge in [-0.05, 0) is 27.9 Å². The van der Waals surface area contributed by atoms with E-state index >= 15 is 0 Å². The van der Waals surface area contributed by atoms with E-state index < -0.39 is 0 Å². The molecule has 0 spiro atoms. The fraction of sp³-hybridized carbons (Fsp3) is 0.333. The van der Waals surface area contributed by atoms with Crippen LogP contribution in [-0.4, -0.2) is 36.3 Å². The van der Waals surface area contributed by atoms with Crippen LogP contribution in [0.1, 0.15) is 19.1 Å². The second kappa shape index (κ2) is 7.77. The number of halogens is 1. The minimum Gasteiger partial charge on any atom is -0.451 e. The molecule has 1 aliphatic heterocycles. The molecule has 2 aromatic rings. The number of fused-ring (bicyclic) bond motifs is 1. The molecule has 2 aromatic heterocycles. The van der Waals surface area contributed by atoms with Crippen molar-refractivity contribution in [3.05, 3.63) is 47.4 Å². The van der Waals surface area contributed by atoms with Crippen LogP contribution in [0.25, 0.3) is 16.7 Å². The highest BCUT2D eigenvalue weighted by atomic mass is 79.9. The van der Waals surface area contributed by atoms with Gasteiger partial charge < -0.3 is 14.1 Å². The lowest BCUT2D eigenvalue weighted by Crippen LogP contribution is -2.36. The van der Waals surface area contributed by atoms with Crippen LogP contribution in [0.3, 0.4) is 0 Å². The van der Waals surface area contributed by atoms with Gasteiger partial charge in [-0.1, -0.05) is 37.8 Å². The van der Waals surface area contributed by atoms with E-state index in [-0.39, 0.29) is 0 Å². The van der Waals surface area contributed by atoms with Gasteiger partial charge in [0.2, 0.25) is 0 Å². The molecule has 5 nitrogen and oxygen atoms in total. The van der Waals surface area contributed by atoms with Crippen molar-refractivity contribution in [2.45, 2.75) is 13.3 Å². The van der Waals surface area contributed by atoms with Gasteiger partial charge in [0, 0.05) is 19.2 Å². The second-order valence-electron chi connectivity index (χ2n) is 5.41. The largest absolute Gasteiger partial charge is 0.451 e. The Labute approximate surface area is 149 Å². The molecule has 0 saturated carbocycles. The van der Waals surface area contributed by atoms with Crippen molar-refractivity contribution in [2.24, 2.45) is 0 Å². The van der Waals surface area contributed by atoms with Crippen molar-refractivity contribution in [2.75, 3.05) is 31.2 Å². The Morgan fingerprint density at radius 2 is 2.12 bits per heavy atom. The van der Waals surface area contributed by atoms with Crippen molar-refractivity contribution in [1.29, 1.82) is 0 Å². The zero-order valence-corrected chi connectivity index (χ0v) is 15.3. The van der Waals surface area contributed by atoms with Crippen LogP contribution in [-0.2, 0) is 4.74 Å². The highest BCUT2D eigenvalue weighted by Crippen LogP contribution is 2.32. The topological polar surface area (TPSA) is 51.4 Å². The lowest BCUT2D eigenvalue weighted by atomic mass is 10.1. The number of aromatic nitrogens is 2. The number of anilines is 1. The van der Waals surface area contributed by atoms with Crippen molar-refractivity contribution >= 4 is 38.4 Å². The van der Waals surface area contributed by atoms with E-state index in [9.17, 15) is 0 Å². The Bertz CT molecular complexity index is 789. The Morgan fingerprint density at radius 3 is 2.83 bits per heavy atom. The highest BCUT2D eigenvalue weighted by molar-refractivity contribution is 9.10. The first-order valence-corrected chi connectivity index (χ1v) is 8.80. The van der Waals surface area contributed by atoms with Gasteiger partial charge in [0.15, 0.2) is 16.1 Å². The fourth-order valence-electron chi connectivity index (χ4n) is 2.66. The zero-order chi connectivity index (χ0) is 16.9. The van der Waals surface area contributed by atoms with Crippen molar-refractivity contribution in [3.8, 4) is 0 Å². The summed E-state index contributed by atoms with van der Waals surface area (Å²) in [6, 6.07) is 1.98. The van der Waals surface area contributed by atoms with Gasteiger partial charge in [0.1, 0.15) is 11.3 Å². The number of allylic oxidation sites excluding steroid dienone is 5. The van der Waals surface area contributed by atoms with Gasteiger partial charge in [0.05, 0.1) is 13.2 Å². The van der Waals surface area contributed by atoms with E-state index in [2.05, 4.69) is 44.3 Å². The molecule has 0 radical (unpaired) electrons. The van der Waals surface area contributed by atoms with Gasteiger partial charge in [-0.15, -0.1) is 0 Å². The molecule has 24 heavy (non-hydrogen) atoms. The summed E-state index contributed by atoms with van der Waals surface area (Å²) < 4.78 is 12.1. The Hall–Kier alpha value is -1.92. The number of hydrogen-bond acceptors (Lipinski definition) is 5. The van der Waals surface area contributed by atoms with Crippen molar-refractivity contribution in [1.82, 2.24) is 9.97 Å². The molecule has 1 fully saturated rings. The average molecular weight is 390 g/mol. The monoisotopic (exact) mass is 389 g/mol. The summed E-state index contributed by atoms with van der Waals surface area (Å²) in [4.78, 5) is 11.2. The molecule has 1 aliphatic rings. The Kier molecular flexibility index (Phi) is 5.48. The van der Waals surface area contributed by atoms with E-state index in [4.69, 9.17) is 9.15 Å². The van der Waals surface area contributed by atoms with Crippen LogP contribution in [0.15, 0.2) is 46.1 Å². The van der Waals surface area contributed by atoms with Crippen LogP contribution in [0.4, 0.5) is 5.82 Å². The molecule has 6 heteroatoms. The average Bonchev–Trinajstić information content (AvgIpc) is 3.02. The van der Waals surface area contributed by atoms with Gasteiger partial charge >= 0.3 is 0 Å². The number of furan rings is 1. The third-order valence-corrected chi connectivity index (χ3v) is 4.23. The maximum absolute atomic E-state index is 6.13. The summed E-state index contributed by atoms with van der Waals surface area (Å²) in [5.41, 5.74) is 2.64. The molecular formula is C18H20BrN3O2. The zero-order valence-electron chi connectivity index (χ0n) is 13.7. The molecule has 0 aromatic carbocycles. The van der Waals surface area contributed by atoms with E-state index in [0.717, 1.165) is 47.8 Å². The predicted molar refractivity (Wildman–Crippen MR) is 100 cm³/mol. The van der Waals surface area contributed by atoms with E-state index in [1.165, 1.54) is 0 Å². The molecule has 0 aliphatic carbocycles.